The van der Waals surface area contributed by atoms with Crippen molar-refractivity contribution >= 4 is 23.1 Å². The molecule has 1 aliphatic rings. The Morgan fingerprint density at radius 1 is 1.37 bits per heavy atom. The first-order chi connectivity index (χ1) is 9.06. The number of ether oxygens (including phenoxy) is 1. The zero-order chi connectivity index (χ0) is 13.8. The van der Waals surface area contributed by atoms with Crippen LogP contribution in [0.25, 0.3) is 0 Å². The molecule has 0 unspecified atom stereocenters. The van der Waals surface area contributed by atoms with Gasteiger partial charge in [-0.3, -0.25) is 14.9 Å². The number of nitro groups is 1. The van der Waals surface area contributed by atoms with E-state index in [0.29, 0.717) is 24.5 Å². The number of carbonyl (C=O) groups excluding carboxylic acids is 1. The number of Topliss-reactive ketones (excluding diaryl/α,β-unsaturated/α-hetero) is 1. The molecule has 0 aliphatic heterocycles. The summed E-state index contributed by atoms with van der Waals surface area (Å²) in [7, 11) is 0. The second-order valence-electron chi connectivity index (χ2n) is 4.58. The number of non-ortho nitro benzene ring substituents is 1. The first kappa shape index (κ1) is 14.0. The minimum atomic E-state index is -0.483. The Morgan fingerprint density at radius 3 is 2.63 bits per heavy atom. The van der Waals surface area contributed by atoms with Gasteiger partial charge in [-0.1, -0.05) is 11.6 Å². The molecule has 0 spiro atoms. The van der Waals surface area contributed by atoms with Crippen LogP contribution in [0.3, 0.4) is 0 Å². The topological polar surface area (TPSA) is 69.4 Å². The average molecular weight is 284 g/mol. The summed E-state index contributed by atoms with van der Waals surface area (Å²) in [6, 6.07) is 4.34. The second-order valence-corrected chi connectivity index (χ2v) is 4.99. The van der Waals surface area contributed by atoms with E-state index in [0.717, 1.165) is 18.4 Å². The van der Waals surface area contributed by atoms with Crippen molar-refractivity contribution in [1.29, 1.82) is 0 Å². The molecule has 0 N–H and O–H groups in total. The van der Waals surface area contributed by atoms with Gasteiger partial charge in [-0.25, -0.2) is 0 Å². The molecule has 0 amide bonds. The predicted octanol–water partition coefficient (Wildman–Crippen LogP) is 3.28. The van der Waals surface area contributed by atoms with Gasteiger partial charge in [-0.2, -0.15) is 0 Å². The molecule has 5 nitrogen and oxygen atoms in total. The number of nitro benzene ring substituents is 1. The number of hydrogen-bond donors (Lipinski definition) is 0. The number of halogens is 1. The van der Waals surface area contributed by atoms with Crippen LogP contribution < -0.4 is 0 Å². The van der Waals surface area contributed by atoms with E-state index in [2.05, 4.69) is 0 Å². The molecule has 0 saturated heterocycles. The van der Waals surface area contributed by atoms with Gasteiger partial charge >= 0.3 is 0 Å². The quantitative estimate of drug-likeness (QED) is 0.628. The minimum Gasteiger partial charge on any atom is -0.373 e. The van der Waals surface area contributed by atoms with Crippen LogP contribution in [0.15, 0.2) is 18.2 Å². The molecule has 0 heterocycles. The van der Waals surface area contributed by atoms with Crippen molar-refractivity contribution in [3.63, 3.8) is 0 Å². The Bertz CT molecular complexity index is 493. The van der Waals surface area contributed by atoms with E-state index < -0.39 is 4.92 Å². The van der Waals surface area contributed by atoms with Crippen molar-refractivity contribution in [3.8, 4) is 0 Å². The number of nitrogens with zero attached hydrogens (tertiary/aromatic N) is 1. The van der Waals surface area contributed by atoms with E-state index in [-0.39, 0.29) is 17.6 Å². The van der Waals surface area contributed by atoms with Crippen LogP contribution in [-0.2, 0) is 16.1 Å². The fourth-order valence-corrected chi connectivity index (χ4v) is 2.28. The van der Waals surface area contributed by atoms with Gasteiger partial charge < -0.3 is 4.74 Å². The normalized spacial score (nSPS) is 16.6. The molecule has 0 aromatic heterocycles. The van der Waals surface area contributed by atoms with Crippen LogP contribution in [0.2, 0.25) is 5.02 Å². The van der Waals surface area contributed by atoms with Gasteiger partial charge in [-0.15, -0.1) is 0 Å². The van der Waals surface area contributed by atoms with Crippen LogP contribution in [0.5, 0.6) is 0 Å². The maximum absolute atomic E-state index is 11.1. The predicted molar refractivity (Wildman–Crippen MR) is 70.2 cm³/mol. The molecule has 2 rings (SSSR count). The zero-order valence-corrected chi connectivity index (χ0v) is 11.1. The van der Waals surface area contributed by atoms with E-state index in [1.165, 1.54) is 12.1 Å². The van der Waals surface area contributed by atoms with Gasteiger partial charge in [0.1, 0.15) is 5.78 Å². The average Bonchev–Trinajstić information content (AvgIpc) is 2.39. The molecule has 1 aliphatic carbocycles. The number of benzene rings is 1. The molecule has 1 aromatic carbocycles. The Hall–Kier alpha value is -1.46. The molecule has 1 fully saturated rings. The van der Waals surface area contributed by atoms with Gasteiger partial charge in [0.15, 0.2) is 0 Å². The lowest BCUT2D eigenvalue weighted by atomic mass is 9.96. The van der Waals surface area contributed by atoms with Crippen molar-refractivity contribution in [1.82, 2.24) is 0 Å². The summed E-state index contributed by atoms with van der Waals surface area (Å²) in [5.41, 5.74) is 0.696. The third-order valence-corrected chi connectivity index (χ3v) is 3.56. The first-order valence-electron chi connectivity index (χ1n) is 6.12. The van der Waals surface area contributed by atoms with E-state index in [1.54, 1.807) is 6.07 Å². The van der Waals surface area contributed by atoms with E-state index in [1.807, 2.05) is 0 Å². The molecule has 1 saturated carbocycles. The smallest absolute Gasteiger partial charge is 0.270 e. The van der Waals surface area contributed by atoms with Gasteiger partial charge in [-0.05, 0) is 24.5 Å². The maximum Gasteiger partial charge on any atom is 0.270 e. The SMILES string of the molecule is O=C1CCC(OCc2ccc([N+](=O)[O-])cc2Cl)CC1. The highest BCUT2D eigenvalue weighted by atomic mass is 35.5. The van der Waals surface area contributed by atoms with Crippen LogP contribution in [0.1, 0.15) is 31.2 Å². The van der Waals surface area contributed by atoms with Crippen LogP contribution >= 0.6 is 11.6 Å². The Balaban J connectivity index is 1.92. The van der Waals surface area contributed by atoms with Gasteiger partial charge in [0.2, 0.25) is 0 Å². The van der Waals surface area contributed by atoms with Crippen molar-refractivity contribution in [2.45, 2.75) is 38.4 Å². The monoisotopic (exact) mass is 283 g/mol. The number of hydrogen-bond acceptors (Lipinski definition) is 4. The lowest BCUT2D eigenvalue weighted by Crippen LogP contribution is -2.21. The summed E-state index contributed by atoms with van der Waals surface area (Å²) >= 11 is 5.98. The van der Waals surface area contributed by atoms with Crippen LogP contribution in [0.4, 0.5) is 5.69 Å². The van der Waals surface area contributed by atoms with Crippen molar-refractivity contribution in [2.75, 3.05) is 0 Å². The second kappa shape index (κ2) is 6.12. The fraction of sp³-hybridized carbons (Fsp3) is 0.462. The van der Waals surface area contributed by atoms with Crippen LogP contribution in [0, 0.1) is 10.1 Å². The molecule has 1 aromatic rings. The van der Waals surface area contributed by atoms with Crippen molar-refractivity contribution in [3.05, 3.63) is 38.9 Å². The first-order valence-corrected chi connectivity index (χ1v) is 6.50. The maximum atomic E-state index is 11.1. The summed E-state index contributed by atoms with van der Waals surface area (Å²) in [4.78, 5) is 21.2. The Kier molecular flexibility index (Phi) is 4.50. The standard InChI is InChI=1S/C13H14ClNO4/c14-13-7-10(15(17)18)2-1-9(13)8-19-12-5-3-11(16)4-6-12/h1-2,7,12H,3-6,8H2. The summed E-state index contributed by atoms with van der Waals surface area (Å²) < 4.78 is 5.69. The third kappa shape index (κ3) is 3.75. The Labute approximate surface area is 115 Å². The zero-order valence-electron chi connectivity index (χ0n) is 10.3. The van der Waals surface area contributed by atoms with E-state index in [9.17, 15) is 14.9 Å². The number of ketones is 1. The van der Waals surface area contributed by atoms with Crippen molar-refractivity contribution < 1.29 is 14.5 Å². The van der Waals surface area contributed by atoms with E-state index >= 15 is 0 Å². The summed E-state index contributed by atoms with van der Waals surface area (Å²) in [6.45, 7) is 0.315. The van der Waals surface area contributed by atoms with Gasteiger partial charge in [0.25, 0.3) is 5.69 Å². The summed E-state index contributed by atoms with van der Waals surface area (Å²) in [5, 5.41) is 10.9. The number of carbonyl (C=O) groups is 1. The molecule has 102 valence electrons. The molecular formula is C13H14ClNO4. The summed E-state index contributed by atoms with van der Waals surface area (Å²) in [6.07, 6.45) is 2.69. The highest BCUT2D eigenvalue weighted by Crippen LogP contribution is 2.25. The lowest BCUT2D eigenvalue weighted by molar-refractivity contribution is -0.384. The molecule has 0 radical (unpaired) electrons. The Morgan fingerprint density at radius 2 is 2.05 bits per heavy atom. The van der Waals surface area contributed by atoms with E-state index in [4.69, 9.17) is 16.3 Å². The minimum absolute atomic E-state index is 0.0305. The highest BCUT2D eigenvalue weighted by molar-refractivity contribution is 6.31. The summed E-state index contributed by atoms with van der Waals surface area (Å²) in [5.74, 6) is 0.285. The molecular weight excluding hydrogens is 270 g/mol. The molecule has 19 heavy (non-hydrogen) atoms. The largest absolute Gasteiger partial charge is 0.373 e. The highest BCUT2D eigenvalue weighted by Gasteiger charge is 2.19. The van der Waals surface area contributed by atoms with Crippen LogP contribution in [-0.4, -0.2) is 16.8 Å². The van der Waals surface area contributed by atoms with Gasteiger partial charge in [0.05, 0.1) is 22.7 Å². The fourth-order valence-electron chi connectivity index (χ4n) is 2.05. The number of rotatable bonds is 4. The van der Waals surface area contributed by atoms with Gasteiger partial charge in [0, 0.05) is 25.0 Å². The molecule has 6 heteroatoms. The molecule has 0 atom stereocenters. The van der Waals surface area contributed by atoms with Crippen molar-refractivity contribution in [2.24, 2.45) is 0 Å². The molecule has 0 bridgehead atoms. The third-order valence-electron chi connectivity index (χ3n) is 3.21. The lowest BCUT2D eigenvalue weighted by Gasteiger charge is -2.21.